The van der Waals surface area contributed by atoms with Crippen molar-refractivity contribution in [1.29, 1.82) is 0 Å². The Morgan fingerprint density at radius 3 is 2.15 bits per heavy atom. The van der Waals surface area contributed by atoms with Crippen LogP contribution in [-0.4, -0.2) is 32.5 Å². The predicted octanol–water partition coefficient (Wildman–Crippen LogP) is 4.61. The fourth-order valence-corrected chi connectivity index (χ4v) is 6.80. The largest absolute Gasteiger partial charge is 0.369 e. The predicted molar refractivity (Wildman–Crippen MR) is 155 cm³/mol. The topological polar surface area (TPSA) is 167 Å². The van der Waals surface area contributed by atoms with Gasteiger partial charge in [0.15, 0.2) is 0 Å². The summed E-state index contributed by atoms with van der Waals surface area (Å²) in [6.45, 7) is 0. The molecule has 0 unspecified atom stereocenters. The van der Waals surface area contributed by atoms with E-state index in [4.69, 9.17) is 45.7 Å². The van der Waals surface area contributed by atoms with Crippen molar-refractivity contribution >= 4 is 88.1 Å². The zero-order chi connectivity index (χ0) is 29.0. The number of nitrogens with two attached hydrogens (primary N) is 2. The lowest BCUT2D eigenvalue weighted by atomic mass is 10.0. The average Bonchev–Trinajstić information content (AvgIpc) is 3.23. The summed E-state index contributed by atoms with van der Waals surface area (Å²) in [5.74, 6) is -0.601. The van der Waals surface area contributed by atoms with Crippen LogP contribution in [0.5, 0.6) is 0 Å². The molecule has 0 spiro atoms. The number of halogens is 3. The van der Waals surface area contributed by atoms with E-state index in [9.17, 15) is 21.6 Å². The lowest BCUT2D eigenvalue weighted by molar-refractivity contribution is -0.117. The molecule has 10 nitrogen and oxygen atoms in total. The van der Waals surface area contributed by atoms with Crippen molar-refractivity contribution in [2.45, 2.75) is 16.2 Å². The van der Waals surface area contributed by atoms with Crippen LogP contribution in [0.25, 0.3) is 27.4 Å². The minimum atomic E-state index is -4.17. The maximum Gasteiger partial charge on any atom is 0.263 e. The van der Waals surface area contributed by atoms with Gasteiger partial charge in [-0.25, -0.2) is 26.7 Å². The van der Waals surface area contributed by atoms with Gasteiger partial charge in [-0.15, -0.1) is 0 Å². The van der Waals surface area contributed by atoms with Crippen LogP contribution in [0.4, 0.5) is 5.69 Å². The summed E-state index contributed by atoms with van der Waals surface area (Å²) in [5.41, 5.74) is 7.04. The monoisotopic (exact) mass is 637 g/mol. The summed E-state index contributed by atoms with van der Waals surface area (Å²) >= 11 is 18.1. The highest BCUT2D eigenvalue weighted by Gasteiger charge is 2.22. The fourth-order valence-electron chi connectivity index (χ4n) is 4.23. The molecule has 1 amide bonds. The van der Waals surface area contributed by atoms with E-state index >= 15 is 0 Å². The maximum atomic E-state index is 13.2. The Bertz CT molecular complexity index is 2060. The molecule has 1 heterocycles. The van der Waals surface area contributed by atoms with Gasteiger partial charge in [-0.1, -0.05) is 53.0 Å². The van der Waals surface area contributed by atoms with Crippen LogP contribution < -0.4 is 15.6 Å². The Morgan fingerprint density at radius 2 is 1.50 bits per heavy atom. The van der Waals surface area contributed by atoms with Crippen molar-refractivity contribution in [2.75, 3.05) is 4.72 Å². The summed E-state index contributed by atoms with van der Waals surface area (Å²) in [5, 5.41) is 11.7. The molecule has 0 bridgehead atoms. The number of rotatable bonds is 7. The van der Waals surface area contributed by atoms with Gasteiger partial charge in [0, 0.05) is 16.5 Å². The molecule has 0 saturated carbocycles. The van der Waals surface area contributed by atoms with Gasteiger partial charge in [-0.2, -0.15) is 5.10 Å². The highest BCUT2D eigenvalue weighted by Crippen LogP contribution is 2.35. The Balaban J connectivity index is 1.69. The lowest BCUT2D eigenvalue weighted by Gasteiger charge is -2.12. The molecule has 15 heteroatoms. The van der Waals surface area contributed by atoms with E-state index in [-0.39, 0.29) is 37.0 Å². The smallest absolute Gasteiger partial charge is 0.263 e. The van der Waals surface area contributed by atoms with E-state index in [1.54, 1.807) is 30.3 Å². The zero-order valence-corrected chi connectivity index (χ0v) is 24.0. The molecule has 5 aromatic rings. The number of fused-ring (bicyclic) bond motifs is 3. The van der Waals surface area contributed by atoms with Crippen molar-refractivity contribution in [2.24, 2.45) is 10.9 Å². The first-order chi connectivity index (χ1) is 18.7. The number of sulfonamides is 2. The number of anilines is 1. The number of hydrogen-bond acceptors (Lipinski definition) is 6. The van der Waals surface area contributed by atoms with Crippen LogP contribution in [0.1, 0.15) is 5.69 Å². The third kappa shape index (κ3) is 5.33. The second-order valence-corrected chi connectivity index (χ2v) is 13.2. The van der Waals surface area contributed by atoms with Crippen molar-refractivity contribution in [3.63, 3.8) is 0 Å². The molecule has 40 heavy (non-hydrogen) atoms. The van der Waals surface area contributed by atoms with Crippen LogP contribution in [0, 0.1) is 0 Å². The minimum absolute atomic E-state index is 0.0194. The summed E-state index contributed by atoms with van der Waals surface area (Å²) in [6.07, 6.45) is -0.160. The number of carbonyl (C=O) groups is 1. The number of amides is 1. The molecule has 0 fully saturated rings. The van der Waals surface area contributed by atoms with Gasteiger partial charge in [0.05, 0.1) is 43.3 Å². The molecule has 1 aromatic heterocycles. The van der Waals surface area contributed by atoms with Crippen LogP contribution in [0.2, 0.25) is 15.1 Å². The van der Waals surface area contributed by atoms with Gasteiger partial charge in [0.25, 0.3) is 10.0 Å². The van der Waals surface area contributed by atoms with Gasteiger partial charge in [0.2, 0.25) is 15.9 Å². The average molecular weight is 639 g/mol. The van der Waals surface area contributed by atoms with Crippen LogP contribution in [0.15, 0.2) is 76.5 Å². The first-order valence-electron chi connectivity index (χ1n) is 11.3. The van der Waals surface area contributed by atoms with E-state index in [1.165, 1.54) is 35.0 Å². The highest BCUT2D eigenvalue weighted by molar-refractivity contribution is 7.92. The molecular formula is C25H18Cl3N5O5S2. The van der Waals surface area contributed by atoms with Crippen molar-refractivity contribution in [3.05, 3.63) is 87.5 Å². The van der Waals surface area contributed by atoms with Crippen LogP contribution in [0.3, 0.4) is 0 Å². The van der Waals surface area contributed by atoms with Crippen molar-refractivity contribution < 1.29 is 21.6 Å². The molecule has 0 aliphatic heterocycles. The van der Waals surface area contributed by atoms with Gasteiger partial charge < -0.3 is 5.73 Å². The third-order valence-electron chi connectivity index (χ3n) is 6.00. The standard InChI is InChI=1S/C25H18Cl3N5O5S2/c26-19-10-21(28)23(11-20(19)27)40(37,38)32-14-3-1-13-2-8-17-22(12-24(29)34)31-33(25(17)18(13)9-14)15-4-6-16(7-5-15)39(30,35)36/h1-11,32H,12H2,(H2,29,34)(H2,30,35,36). The number of nitrogens with zero attached hydrogens (tertiary/aromatic N) is 2. The third-order valence-corrected chi connectivity index (χ3v) is 9.50. The number of hydrogen-bond donors (Lipinski definition) is 3. The highest BCUT2D eigenvalue weighted by atomic mass is 35.5. The summed E-state index contributed by atoms with van der Waals surface area (Å²) in [4.78, 5) is 11.4. The number of benzene rings is 4. The Kier molecular flexibility index (Phi) is 7.19. The number of aromatic nitrogens is 2. The summed E-state index contributed by atoms with van der Waals surface area (Å²) < 4.78 is 53.9. The number of nitrogens with one attached hydrogen (secondary N) is 1. The molecule has 0 saturated heterocycles. The van der Waals surface area contributed by atoms with Gasteiger partial charge in [-0.3, -0.25) is 9.52 Å². The first-order valence-corrected chi connectivity index (χ1v) is 15.4. The number of primary sulfonamides is 1. The van der Waals surface area contributed by atoms with Gasteiger partial charge in [-0.05, 0) is 53.9 Å². The summed E-state index contributed by atoms with van der Waals surface area (Å²) in [6, 6.07) is 16.5. The molecule has 0 atom stereocenters. The fraction of sp³-hybridized carbons (Fsp3) is 0.0400. The van der Waals surface area contributed by atoms with Crippen LogP contribution >= 0.6 is 34.8 Å². The first kappa shape index (κ1) is 28.1. The van der Waals surface area contributed by atoms with E-state index in [1.807, 2.05) is 0 Å². The molecule has 5 rings (SSSR count). The van der Waals surface area contributed by atoms with Gasteiger partial charge >= 0.3 is 0 Å². The second-order valence-electron chi connectivity index (χ2n) is 8.74. The van der Waals surface area contributed by atoms with E-state index in [0.717, 1.165) is 11.5 Å². The molecule has 0 aliphatic rings. The molecular weight excluding hydrogens is 621 g/mol. The van der Waals surface area contributed by atoms with E-state index in [0.29, 0.717) is 27.7 Å². The second kappa shape index (κ2) is 10.2. The molecule has 206 valence electrons. The zero-order valence-electron chi connectivity index (χ0n) is 20.1. The lowest BCUT2D eigenvalue weighted by Crippen LogP contribution is -2.14. The minimum Gasteiger partial charge on any atom is -0.369 e. The Labute approximate surface area is 243 Å². The quantitative estimate of drug-likeness (QED) is 0.220. The Hall–Kier alpha value is -3.39. The molecule has 5 N–H and O–H groups in total. The normalized spacial score (nSPS) is 12.2. The van der Waals surface area contributed by atoms with E-state index < -0.39 is 26.0 Å². The number of carbonyl (C=O) groups excluding carboxylic acids is 1. The number of primary amides is 1. The molecule has 0 aliphatic carbocycles. The van der Waals surface area contributed by atoms with E-state index in [2.05, 4.69) is 9.82 Å². The Morgan fingerprint density at radius 1 is 0.850 bits per heavy atom. The summed E-state index contributed by atoms with van der Waals surface area (Å²) in [7, 11) is -8.10. The van der Waals surface area contributed by atoms with Crippen molar-refractivity contribution in [1.82, 2.24) is 9.78 Å². The molecule has 0 radical (unpaired) electrons. The van der Waals surface area contributed by atoms with Crippen molar-refractivity contribution in [3.8, 4) is 5.69 Å². The molecule has 4 aromatic carbocycles. The maximum absolute atomic E-state index is 13.2. The van der Waals surface area contributed by atoms with Gasteiger partial charge in [0.1, 0.15) is 4.90 Å². The SMILES string of the molecule is NC(=O)Cc1nn(-c2ccc(S(N)(=O)=O)cc2)c2c1ccc1ccc(NS(=O)(=O)c3cc(Cl)c(Cl)cc3Cl)cc12. The van der Waals surface area contributed by atoms with Crippen LogP contribution in [-0.2, 0) is 31.3 Å².